The Morgan fingerprint density at radius 1 is 1.09 bits per heavy atom. The van der Waals surface area contributed by atoms with E-state index >= 15 is 0 Å². The summed E-state index contributed by atoms with van der Waals surface area (Å²) in [7, 11) is -10.2. The molecule has 248 valence electrons. The third-order valence-corrected chi connectivity index (χ3v) is 8.51. The number of pyridine rings is 1. The summed E-state index contributed by atoms with van der Waals surface area (Å²) in [6.45, 7) is 2.35. The lowest BCUT2D eigenvalue weighted by Gasteiger charge is -2.41. The van der Waals surface area contributed by atoms with Crippen LogP contribution in [0, 0.1) is 11.5 Å². The maximum absolute atomic E-state index is 14.3. The molecule has 1 unspecified atom stereocenters. The standard InChI is InChI=1S/C29H27F8N5O3S/c1-18(19-6-4-3-5-7-19)40-26(43)25(22-15-39-13-12-23(22)29(30,31)32)42(27(44)24-14-28(2,45)16-41(24)17-38)20-8-10-21(11-9-20)46(33,34,35,36)37/h3-13,15,18,24-25,45H,14,16H2,1-2H3,(H,40,43)/t18-,24+,25?,28+/m0/s1. The van der Waals surface area contributed by atoms with Crippen molar-refractivity contribution in [1.29, 1.82) is 5.26 Å². The molecule has 0 spiro atoms. The Morgan fingerprint density at radius 2 is 1.70 bits per heavy atom. The molecule has 1 fully saturated rings. The molecule has 1 aliphatic rings. The number of alkyl halides is 3. The molecular weight excluding hydrogens is 650 g/mol. The van der Waals surface area contributed by atoms with E-state index in [1.54, 1.807) is 36.5 Å². The van der Waals surface area contributed by atoms with Crippen molar-refractivity contribution in [2.75, 3.05) is 11.4 Å². The van der Waals surface area contributed by atoms with Crippen LogP contribution in [0.15, 0.2) is 78.0 Å². The maximum Gasteiger partial charge on any atom is 0.416 e. The second-order valence-electron chi connectivity index (χ2n) is 11.1. The molecule has 0 bridgehead atoms. The van der Waals surface area contributed by atoms with Crippen LogP contribution in [-0.4, -0.2) is 45.0 Å². The van der Waals surface area contributed by atoms with Gasteiger partial charge in [0.25, 0.3) is 5.91 Å². The van der Waals surface area contributed by atoms with E-state index in [-0.39, 0.29) is 12.1 Å². The van der Waals surface area contributed by atoms with E-state index in [9.17, 15) is 52.6 Å². The zero-order valence-corrected chi connectivity index (χ0v) is 24.9. The number of hydrogen-bond donors (Lipinski definition) is 2. The molecule has 1 saturated heterocycles. The Hall–Kier alpha value is -4.43. The van der Waals surface area contributed by atoms with Crippen molar-refractivity contribution in [2.45, 2.75) is 55.1 Å². The summed E-state index contributed by atoms with van der Waals surface area (Å²) >= 11 is 0. The monoisotopic (exact) mass is 677 g/mol. The minimum Gasteiger partial charge on any atom is -0.388 e. The van der Waals surface area contributed by atoms with Gasteiger partial charge in [0.05, 0.1) is 23.8 Å². The van der Waals surface area contributed by atoms with Gasteiger partial charge in [-0.3, -0.25) is 24.4 Å². The van der Waals surface area contributed by atoms with Crippen LogP contribution in [0.2, 0.25) is 0 Å². The number of hydrogen-bond acceptors (Lipinski definition) is 6. The first-order chi connectivity index (χ1) is 21.0. The summed E-state index contributed by atoms with van der Waals surface area (Å²) in [4.78, 5) is 30.8. The van der Waals surface area contributed by atoms with Gasteiger partial charge >= 0.3 is 16.4 Å². The molecule has 2 N–H and O–H groups in total. The molecule has 17 heteroatoms. The largest absolute Gasteiger partial charge is 0.416 e. The molecule has 3 aromatic rings. The van der Waals surface area contributed by atoms with Crippen LogP contribution >= 0.6 is 10.2 Å². The van der Waals surface area contributed by atoms with E-state index in [1.807, 2.05) is 0 Å². The molecule has 4 rings (SSSR count). The Balaban J connectivity index is 1.96. The molecule has 1 aliphatic heterocycles. The van der Waals surface area contributed by atoms with Gasteiger partial charge in [0, 0.05) is 30.1 Å². The number of aliphatic hydroxyl groups is 1. The fourth-order valence-electron chi connectivity index (χ4n) is 5.22. The molecule has 46 heavy (non-hydrogen) atoms. The first-order valence-electron chi connectivity index (χ1n) is 13.4. The Labute approximate surface area is 258 Å². The van der Waals surface area contributed by atoms with Gasteiger partial charge in [0.15, 0.2) is 6.19 Å². The van der Waals surface area contributed by atoms with E-state index in [1.165, 1.54) is 13.8 Å². The number of β-amino-alcohol motifs (C(OH)–C–C–N with tert-alkyl or cyclic N) is 1. The van der Waals surface area contributed by atoms with Gasteiger partial charge in [-0.2, -0.15) is 18.4 Å². The number of benzene rings is 2. The maximum atomic E-state index is 14.3. The van der Waals surface area contributed by atoms with Crippen molar-refractivity contribution >= 4 is 27.7 Å². The van der Waals surface area contributed by atoms with Crippen molar-refractivity contribution in [3.63, 3.8) is 0 Å². The minimum atomic E-state index is -10.2. The SMILES string of the molecule is C[C@H](NC(=O)C(c1cnccc1C(F)(F)F)N(C(=O)[C@H]1C[C@@](C)(O)CN1C#N)c1ccc(S(F)(F)(F)(F)F)cc1)c1ccccc1. The third-order valence-electron chi connectivity index (χ3n) is 7.35. The number of nitriles is 1. The molecule has 2 aromatic carbocycles. The average molecular weight is 678 g/mol. The molecule has 2 heterocycles. The van der Waals surface area contributed by atoms with Gasteiger partial charge in [-0.1, -0.05) is 49.8 Å². The van der Waals surface area contributed by atoms with E-state index in [0.29, 0.717) is 34.9 Å². The van der Waals surface area contributed by atoms with Crippen LogP contribution in [-0.2, 0) is 15.8 Å². The van der Waals surface area contributed by atoms with Gasteiger partial charge < -0.3 is 10.4 Å². The molecular formula is C29H27F8N5O3S. The highest BCUT2D eigenvalue weighted by molar-refractivity contribution is 8.45. The van der Waals surface area contributed by atoms with E-state index < -0.39 is 86.6 Å². The first kappa shape index (κ1) is 34.4. The van der Waals surface area contributed by atoms with Crippen LogP contribution in [0.3, 0.4) is 0 Å². The highest BCUT2D eigenvalue weighted by Crippen LogP contribution is 3.02. The summed E-state index contributed by atoms with van der Waals surface area (Å²) in [5, 5.41) is 22.8. The highest BCUT2D eigenvalue weighted by atomic mass is 32.5. The van der Waals surface area contributed by atoms with Gasteiger partial charge in [0.2, 0.25) is 5.91 Å². The number of carbonyl (C=O) groups excluding carboxylic acids is 2. The van der Waals surface area contributed by atoms with Crippen molar-refractivity contribution in [3.8, 4) is 6.19 Å². The van der Waals surface area contributed by atoms with Gasteiger partial charge in [0.1, 0.15) is 17.0 Å². The van der Waals surface area contributed by atoms with Crippen molar-refractivity contribution < 1.29 is 47.3 Å². The second kappa shape index (κ2) is 11.1. The second-order valence-corrected chi connectivity index (χ2v) is 13.5. The Morgan fingerprint density at radius 3 is 2.24 bits per heavy atom. The molecule has 2 amide bonds. The fraction of sp³-hybridized carbons (Fsp3) is 0.310. The summed E-state index contributed by atoms with van der Waals surface area (Å²) in [6.07, 6.45) is -2.49. The predicted octanol–water partition coefficient (Wildman–Crippen LogP) is 7.02. The number of aromatic nitrogens is 1. The van der Waals surface area contributed by atoms with Crippen molar-refractivity contribution in [2.24, 2.45) is 0 Å². The summed E-state index contributed by atoms with van der Waals surface area (Å²) < 4.78 is 111. The number of likely N-dealkylation sites (tertiary alicyclic amines) is 1. The number of rotatable bonds is 8. The third kappa shape index (κ3) is 7.50. The lowest BCUT2D eigenvalue weighted by atomic mass is 9.96. The normalized spacial score (nSPS) is 21.3. The molecule has 0 radical (unpaired) electrons. The van der Waals surface area contributed by atoms with Crippen LogP contribution in [0.1, 0.15) is 49.0 Å². The van der Waals surface area contributed by atoms with Gasteiger partial charge in [-0.05, 0) is 49.7 Å². The van der Waals surface area contributed by atoms with E-state index in [4.69, 9.17) is 0 Å². The Kier molecular flexibility index (Phi) is 8.33. The predicted molar refractivity (Wildman–Crippen MR) is 152 cm³/mol. The Bertz CT molecular complexity index is 1660. The number of anilines is 1. The van der Waals surface area contributed by atoms with E-state index in [0.717, 1.165) is 11.1 Å². The van der Waals surface area contributed by atoms with Gasteiger partial charge in [-0.25, -0.2) is 0 Å². The average Bonchev–Trinajstić information content (AvgIpc) is 3.28. The molecule has 0 aliphatic carbocycles. The zero-order valence-electron chi connectivity index (χ0n) is 24.1. The minimum absolute atomic E-state index is 0.0560. The molecule has 4 atom stereocenters. The van der Waals surface area contributed by atoms with Crippen LogP contribution in [0.25, 0.3) is 0 Å². The first-order valence-corrected chi connectivity index (χ1v) is 15.4. The quantitative estimate of drug-likeness (QED) is 0.196. The molecule has 0 saturated carbocycles. The highest BCUT2D eigenvalue weighted by Gasteiger charge is 2.65. The summed E-state index contributed by atoms with van der Waals surface area (Å²) in [6, 6.07) is 4.56. The van der Waals surface area contributed by atoms with Crippen molar-refractivity contribution in [3.05, 3.63) is 89.7 Å². The van der Waals surface area contributed by atoms with E-state index in [2.05, 4.69) is 10.3 Å². The van der Waals surface area contributed by atoms with Gasteiger partial charge in [-0.15, -0.1) is 0 Å². The van der Waals surface area contributed by atoms with Crippen LogP contribution in [0.5, 0.6) is 0 Å². The lowest BCUT2D eigenvalue weighted by Crippen LogP contribution is -2.51. The summed E-state index contributed by atoms with van der Waals surface area (Å²) in [5.74, 6) is -2.52. The number of carbonyl (C=O) groups is 2. The number of halogens is 8. The molecule has 8 nitrogen and oxygen atoms in total. The smallest absolute Gasteiger partial charge is 0.388 e. The fourth-order valence-corrected chi connectivity index (χ4v) is 5.87. The number of nitrogens with zero attached hydrogens (tertiary/aromatic N) is 4. The summed E-state index contributed by atoms with van der Waals surface area (Å²) in [5.41, 5.74) is -4.17. The zero-order chi connectivity index (χ0) is 34.4. The lowest BCUT2D eigenvalue weighted by molar-refractivity contribution is -0.139. The van der Waals surface area contributed by atoms with Crippen LogP contribution in [0.4, 0.5) is 38.3 Å². The molecule has 1 aromatic heterocycles. The number of amides is 2. The number of nitrogens with one attached hydrogen (secondary N) is 1. The van der Waals surface area contributed by atoms with Crippen LogP contribution < -0.4 is 10.2 Å². The van der Waals surface area contributed by atoms with Crippen molar-refractivity contribution in [1.82, 2.24) is 15.2 Å². The topological polar surface area (TPSA) is 110 Å².